The van der Waals surface area contributed by atoms with Crippen molar-refractivity contribution in [1.82, 2.24) is 19.9 Å². The second-order valence-corrected chi connectivity index (χ2v) is 19.3. The molecule has 4 aromatic heterocycles. The summed E-state index contributed by atoms with van der Waals surface area (Å²) in [6, 6.07) is 55.9. The fourth-order valence-electron chi connectivity index (χ4n) is 7.09. The van der Waals surface area contributed by atoms with Crippen molar-refractivity contribution in [2.24, 2.45) is 0 Å². The van der Waals surface area contributed by atoms with Crippen molar-refractivity contribution >= 4 is 99.1 Å². The van der Waals surface area contributed by atoms with Crippen LogP contribution in [0.2, 0.25) is 0 Å². The number of thiazole rings is 2. The third-order valence-electron chi connectivity index (χ3n) is 10.3. The van der Waals surface area contributed by atoms with Crippen molar-refractivity contribution in [3.05, 3.63) is 210 Å². The summed E-state index contributed by atoms with van der Waals surface area (Å²) in [7, 11) is 3.87. The number of aromatic nitrogens is 4. The molecule has 81 heavy (non-hydrogen) atoms. The van der Waals surface area contributed by atoms with Crippen LogP contribution in [0.4, 0.5) is 5.69 Å². The second kappa shape index (κ2) is 33.4. The van der Waals surface area contributed by atoms with E-state index < -0.39 is 5.63 Å². The van der Waals surface area contributed by atoms with Gasteiger partial charge in [-0.3, -0.25) is 24.4 Å². The van der Waals surface area contributed by atoms with Crippen molar-refractivity contribution in [1.29, 1.82) is 0 Å². The van der Waals surface area contributed by atoms with E-state index in [0.717, 1.165) is 48.7 Å². The number of oxazole rings is 1. The fourth-order valence-corrected chi connectivity index (χ4v) is 9.02. The number of hydrogen-bond acceptors (Lipinski definition) is 16. The number of ketones is 3. The van der Waals surface area contributed by atoms with E-state index in [1.54, 1.807) is 11.3 Å². The molecule has 0 fully saturated rings. The van der Waals surface area contributed by atoms with E-state index in [4.69, 9.17) is 29.1 Å². The van der Waals surface area contributed by atoms with E-state index in [1.807, 2.05) is 122 Å². The number of nitrogens with zero attached hydrogens (tertiary/aromatic N) is 5. The quantitative estimate of drug-likeness (QED) is 0.0770. The zero-order valence-electron chi connectivity index (χ0n) is 45.0. The normalized spacial score (nSPS) is 10.7. The molecule has 0 saturated carbocycles. The molecule has 0 spiro atoms. The third kappa shape index (κ3) is 20.9. The summed E-state index contributed by atoms with van der Waals surface area (Å²) < 4.78 is 13.3. The first-order chi connectivity index (χ1) is 37.3. The molecule has 19 heteroatoms. The van der Waals surface area contributed by atoms with E-state index in [2.05, 4.69) is 75.6 Å². The van der Waals surface area contributed by atoms with Crippen molar-refractivity contribution < 1.29 is 98.9 Å². The predicted octanol–water partition coefficient (Wildman–Crippen LogP) is 14.8. The van der Waals surface area contributed by atoms with Crippen LogP contribution >= 0.6 is 22.7 Å². The largest absolute Gasteiger partial charge is 0.512 e. The number of aliphatic hydroxyl groups excluding tert-OH is 3. The average molecular weight is 1650 g/mol. The van der Waals surface area contributed by atoms with E-state index >= 15 is 0 Å². The Labute approximate surface area is 516 Å². The molecule has 423 valence electrons. The number of carbonyl (C=O) groups is 3. The van der Waals surface area contributed by atoms with Crippen LogP contribution in [0.15, 0.2) is 201 Å². The van der Waals surface area contributed by atoms with Gasteiger partial charge in [0, 0.05) is 114 Å². The van der Waals surface area contributed by atoms with Gasteiger partial charge in [-0.1, -0.05) is 71.6 Å². The predicted molar refractivity (Wildman–Crippen MR) is 314 cm³/mol. The van der Waals surface area contributed by atoms with Crippen LogP contribution in [0.1, 0.15) is 41.5 Å². The maximum absolute atomic E-state index is 12.3. The van der Waals surface area contributed by atoms with E-state index in [0.29, 0.717) is 22.0 Å². The number of carbonyl (C=O) groups excluding carboxylic acids is 3. The van der Waals surface area contributed by atoms with Crippen molar-refractivity contribution in [2.75, 3.05) is 19.0 Å². The van der Waals surface area contributed by atoms with Gasteiger partial charge in [0.25, 0.3) is 0 Å². The molecule has 0 aliphatic carbocycles. The molecule has 0 atom stereocenters. The van der Waals surface area contributed by atoms with Gasteiger partial charge in [0.2, 0.25) is 0 Å². The molecule has 14 nitrogen and oxygen atoms in total. The van der Waals surface area contributed by atoms with Crippen LogP contribution in [0.25, 0.3) is 86.1 Å². The van der Waals surface area contributed by atoms with E-state index in [9.17, 15) is 19.2 Å². The minimum absolute atomic E-state index is 0. The van der Waals surface area contributed by atoms with Gasteiger partial charge in [0.1, 0.15) is 17.0 Å². The molecule has 11 rings (SSSR count). The zero-order chi connectivity index (χ0) is 56.3. The number of rotatable bonds is 7. The number of allylic oxidation sites excluding steroid dienone is 6. The van der Waals surface area contributed by atoms with Crippen LogP contribution in [-0.4, -0.2) is 66.7 Å². The standard InChI is InChI=1S/C17H13N3O2S.C17H10NS.C13H8NO.3C5H8O2.3Ir/c1-20(2)10-7-8-11-13(9-10)22-17(21)15(18-11)16-19-12-5-3-4-6-14(12)23-16;1-2-8-13-12(6-1)7-5-9-14(13)17-18-15-10-3-4-11-16(15)19-17;1-2-6-10(7-3-1)13-14-11-8-4-5-9-12(11)15-13;3*1-4(6)3-5(2)7;;;/h3-9H,1-2H3;1-8,10-11H;1-6,8-9H;3*3,6H,1-2H3;;;/q;2*-1;;;;;;. The Kier molecular flexibility index (Phi) is 27.9. The average Bonchev–Trinajstić information content (AvgIpc) is 4.23. The summed E-state index contributed by atoms with van der Waals surface area (Å²) in [6.45, 7) is 8.54. The smallest absolute Gasteiger partial charge is 0.365 e. The number of hydrogen-bond donors (Lipinski definition) is 3. The maximum atomic E-state index is 12.3. The molecule has 0 amide bonds. The van der Waals surface area contributed by atoms with Crippen LogP contribution in [-0.2, 0) is 74.7 Å². The van der Waals surface area contributed by atoms with Crippen molar-refractivity contribution in [3.8, 4) is 32.7 Å². The van der Waals surface area contributed by atoms with Gasteiger partial charge in [-0.15, -0.1) is 70.8 Å². The number of fused-ring (bicyclic) bond motifs is 5. The van der Waals surface area contributed by atoms with E-state index in [1.165, 1.54) is 86.6 Å². The first kappa shape index (κ1) is 67.8. The van der Waals surface area contributed by atoms with Crippen LogP contribution in [0.5, 0.6) is 0 Å². The van der Waals surface area contributed by atoms with Gasteiger partial charge in [-0.2, -0.15) is 11.3 Å². The molecule has 3 N–H and O–H groups in total. The summed E-state index contributed by atoms with van der Waals surface area (Å²) >= 11 is 3.16. The third-order valence-corrected chi connectivity index (χ3v) is 12.4. The van der Waals surface area contributed by atoms with Gasteiger partial charge in [-0.25, -0.2) is 14.8 Å². The van der Waals surface area contributed by atoms with Crippen LogP contribution in [0.3, 0.4) is 0 Å². The first-order valence-corrected chi connectivity index (χ1v) is 25.7. The molecule has 0 aliphatic rings. The molecule has 3 radical (unpaired) electrons. The molecule has 0 saturated heterocycles. The molecule has 0 bridgehead atoms. The molecule has 0 aliphatic heterocycles. The number of anilines is 1. The number of aliphatic hydroxyl groups is 3. The topological polar surface area (TPSA) is 210 Å². The van der Waals surface area contributed by atoms with Gasteiger partial charge in [0.05, 0.1) is 38.5 Å². The zero-order valence-corrected chi connectivity index (χ0v) is 53.8. The van der Waals surface area contributed by atoms with Crippen LogP contribution < -0.4 is 10.5 Å². The van der Waals surface area contributed by atoms with Gasteiger partial charge >= 0.3 is 5.63 Å². The Balaban J connectivity index is 0.000000271. The van der Waals surface area contributed by atoms with Crippen molar-refractivity contribution in [2.45, 2.75) is 41.5 Å². The number of benzene rings is 7. The van der Waals surface area contributed by atoms with Gasteiger partial charge < -0.3 is 29.1 Å². The van der Waals surface area contributed by atoms with Gasteiger partial charge in [-0.05, 0) is 90.1 Å². The first-order valence-electron chi connectivity index (χ1n) is 24.0. The monoisotopic (exact) mass is 1660 g/mol. The maximum Gasteiger partial charge on any atom is 0.365 e. The Bertz CT molecular complexity index is 3840. The summed E-state index contributed by atoms with van der Waals surface area (Å²) in [4.78, 5) is 62.4. The summed E-state index contributed by atoms with van der Waals surface area (Å²) in [6.07, 6.45) is 3.50. The minimum Gasteiger partial charge on any atom is -0.512 e. The Morgan fingerprint density at radius 2 is 1.02 bits per heavy atom. The van der Waals surface area contributed by atoms with Gasteiger partial charge in [0.15, 0.2) is 33.6 Å². The molecule has 11 aromatic rings. The Hall–Kier alpha value is -7.43. The summed E-state index contributed by atoms with van der Waals surface area (Å²) in [5.74, 6) is 0.435. The van der Waals surface area contributed by atoms with E-state index in [-0.39, 0.29) is 101 Å². The SMILES string of the molecule is CC(=O)C=C(C)O.CC(=O)C=C(C)O.CC(=O)C=C(C)O.CN(C)c1ccc2nc(-c3nc4ccccc4s3)c(=O)oc2c1.[Ir].[Ir].[Ir].[c-]1ccc2ccccc2c1-c1nc2ccccc2s1.[c-]1ccccc1-c1nc2ccccc2o1. The summed E-state index contributed by atoms with van der Waals surface area (Å²) in [5.41, 5.74) is 7.46. The Morgan fingerprint density at radius 3 is 1.54 bits per heavy atom. The molecular formula is C62H55Ir3N5O9S2-2. The molecule has 7 aromatic carbocycles. The number of para-hydroxylation sites is 4. The fraction of sp³-hybridized carbons (Fsp3) is 0.129. The molecule has 0 unspecified atom stereocenters. The molecule has 4 heterocycles. The van der Waals surface area contributed by atoms with Crippen molar-refractivity contribution in [3.63, 3.8) is 0 Å². The Morgan fingerprint density at radius 1 is 0.519 bits per heavy atom. The minimum atomic E-state index is -0.465. The molecular weight excluding hydrogens is 1600 g/mol. The van der Waals surface area contributed by atoms with Crippen LogP contribution in [0, 0.1) is 12.1 Å². The summed E-state index contributed by atoms with van der Waals surface area (Å²) in [5, 5.41) is 29.2. The second-order valence-electron chi connectivity index (χ2n) is 17.3.